The second-order valence-electron chi connectivity index (χ2n) is 1.52. The summed E-state index contributed by atoms with van der Waals surface area (Å²) >= 11 is 0. The maximum absolute atomic E-state index is 12.3. The Hall–Kier alpha value is -0.220. The summed E-state index contributed by atoms with van der Waals surface area (Å²) in [5.74, 6) is 0. The Labute approximate surface area is 62.1 Å². The average Bonchev–Trinajstić information content (AvgIpc) is 1.82. The first-order valence-electron chi connectivity index (χ1n) is 2.19. The molecule has 0 aromatic rings. The first kappa shape index (κ1) is 8.87. The van der Waals surface area contributed by atoms with Crippen LogP contribution in [0.1, 0.15) is 0 Å². The van der Waals surface area contributed by atoms with E-state index in [1.807, 2.05) is 0 Å². The molecule has 1 atom stereocenters. The summed E-state index contributed by atoms with van der Waals surface area (Å²) in [7, 11) is -9.15. The van der Waals surface area contributed by atoms with Crippen molar-refractivity contribution in [2.45, 2.75) is 0 Å². The highest BCUT2D eigenvalue weighted by molar-refractivity contribution is 8.17. The molecular weight excluding hydrogens is 203 g/mol. The van der Waals surface area contributed by atoms with Crippen LogP contribution in [0.4, 0.5) is 4.39 Å². The van der Waals surface area contributed by atoms with Gasteiger partial charge in [0.05, 0.1) is 0 Å². The molecule has 0 bridgehead atoms. The zero-order chi connectivity index (χ0) is 8.70. The Kier molecular flexibility index (Phi) is 1.92. The highest BCUT2D eigenvalue weighted by Gasteiger charge is 2.33. The van der Waals surface area contributed by atoms with Crippen LogP contribution in [0.25, 0.3) is 0 Å². The lowest BCUT2D eigenvalue weighted by Gasteiger charge is -2.11. The summed E-state index contributed by atoms with van der Waals surface area (Å²) in [6, 6.07) is 0. The molecule has 11 heavy (non-hydrogen) atoms. The van der Waals surface area contributed by atoms with Crippen LogP contribution in [0.2, 0.25) is 0 Å². The van der Waals surface area contributed by atoms with Gasteiger partial charge < -0.3 is 0 Å². The molecule has 1 aliphatic rings. The smallest absolute Gasteiger partial charge is 0.290 e. The minimum absolute atomic E-state index is 0.953. The third kappa shape index (κ3) is 1.51. The van der Waals surface area contributed by atoms with Crippen LogP contribution < -0.4 is 0 Å². The third-order valence-electron chi connectivity index (χ3n) is 0.810. The van der Waals surface area contributed by atoms with Gasteiger partial charge >= 0.3 is 14.6 Å². The molecule has 0 aromatic heterocycles. The van der Waals surface area contributed by atoms with Gasteiger partial charge in [-0.25, -0.2) is 12.6 Å². The molecule has 0 amide bonds. The SMILES string of the molecule is O=S1(=O)OCOS(=O)(O)=C1F. The van der Waals surface area contributed by atoms with Gasteiger partial charge in [-0.2, -0.15) is 12.8 Å². The largest absolute Gasteiger partial charge is 0.344 e. The van der Waals surface area contributed by atoms with Gasteiger partial charge in [0.25, 0.3) is 10.1 Å². The van der Waals surface area contributed by atoms with E-state index in [4.69, 9.17) is 4.55 Å². The molecule has 1 rings (SSSR count). The van der Waals surface area contributed by atoms with Crippen molar-refractivity contribution in [1.82, 2.24) is 0 Å². The summed E-state index contributed by atoms with van der Waals surface area (Å²) in [4.78, 5) is 0. The minimum Gasteiger partial charge on any atom is -0.290 e. The molecule has 9 heteroatoms. The summed E-state index contributed by atoms with van der Waals surface area (Å²) in [5.41, 5.74) is 0. The van der Waals surface area contributed by atoms with Crippen LogP contribution in [0.5, 0.6) is 0 Å². The van der Waals surface area contributed by atoms with Crippen molar-refractivity contribution in [2.75, 3.05) is 6.79 Å². The fourth-order valence-corrected chi connectivity index (χ4v) is 2.29. The zero-order valence-corrected chi connectivity index (χ0v) is 6.52. The van der Waals surface area contributed by atoms with Gasteiger partial charge in [-0.15, -0.1) is 0 Å². The maximum Gasteiger partial charge on any atom is 0.344 e. The van der Waals surface area contributed by atoms with Crippen molar-refractivity contribution in [3.05, 3.63) is 0 Å². The van der Waals surface area contributed by atoms with Gasteiger partial charge in [-0.05, 0) is 0 Å². The molecule has 1 N–H and O–H groups in total. The van der Waals surface area contributed by atoms with Gasteiger partial charge in [-0.1, -0.05) is 0 Å². The first-order chi connectivity index (χ1) is 4.86. The van der Waals surface area contributed by atoms with Gasteiger partial charge in [0.15, 0.2) is 6.79 Å². The third-order valence-corrected chi connectivity index (χ3v) is 3.68. The Morgan fingerprint density at radius 1 is 1.36 bits per heavy atom. The van der Waals surface area contributed by atoms with Crippen LogP contribution in [0.15, 0.2) is 0 Å². The zero-order valence-electron chi connectivity index (χ0n) is 4.89. The first-order valence-corrected chi connectivity index (χ1v) is 5.04. The molecule has 0 radical (unpaired) electrons. The molecule has 6 nitrogen and oxygen atoms in total. The Morgan fingerprint density at radius 3 is 2.27 bits per heavy atom. The Balaban J connectivity index is 3.46. The molecule has 0 aromatic carbocycles. The molecule has 1 unspecified atom stereocenters. The standard InChI is InChI=1S/C2H3FO6S2/c3-2-10(4,5)8-1-9-11(2,6)7/h1H2,(H,4,5). The quantitative estimate of drug-likeness (QED) is 0.312. The van der Waals surface area contributed by atoms with Crippen LogP contribution in [0.3, 0.4) is 0 Å². The van der Waals surface area contributed by atoms with Crippen LogP contribution in [-0.2, 0) is 28.6 Å². The summed E-state index contributed by atoms with van der Waals surface area (Å²) in [6.07, 6.45) is 0. The van der Waals surface area contributed by atoms with E-state index in [-0.39, 0.29) is 0 Å². The number of hydrogen-bond donors (Lipinski definition) is 1. The molecular formula is C2H3FO6S2. The van der Waals surface area contributed by atoms with Gasteiger partial charge in [0.2, 0.25) is 0 Å². The number of hydrogen-bond acceptors (Lipinski definition) is 5. The topological polar surface area (TPSA) is 89.9 Å². The van der Waals surface area contributed by atoms with Crippen molar-refractivity contribution in [2.24, 2.45) is 0 Å². The summed E-state index contributed by atoms with van der Waals surface area (Å²) in [6.45, 7) is -0.953. The normalized spacial score (nSPS) is 37.1. The fourth-order valence-electron chi connectivity index (χ4n) is 0.370. The monoisotopic (exact) mass is 206 g/mol. The van der Waals surface area contributed by atoms with E-state index in [1.165, 1.54) is 0 Å². The molecule has 66 valence electrons. The van der Waals surface area contributed by atoms with Crippen LogP contribution in [0, 0.1) is 0 Å². The predicted octanol–water partition coefficient (Wildman–Crippen LogP) is -0.950. The molecule has 0 saturated carbocycles. The van der Waals surface area contributed by atoms with E-state index >= 15 is 0 Å². The second-order valence-corrected chi connectivity index (χ2v) is 4.83. The average molecular weight is 206 g/mol. The van der Waals surface area contributed by atoms with Crippen LogP contribution >= 0.6 is 0 Å². The molecule has 0 aliphatic carbocycles. The van der Waals surface area contributed by atoms with E-state index < -0.39 is 31.4 Å². The van der Waals surface area contributed by atoms with Crippen molar-refractivity contribution in [1.29, 1.82) is 0 Å². The van der Waals surface area contributed by atoms with E-state index in [1.54, 1.807) is 0 Å². The number of halogens is 1. The lowest BCUT2D eigenvalue weighted by Crippen LogP contribution is -2.30. The minimum atomic E-state index is -4.67. The molecule has 0 spiro atoms. The summed E-state index contributed by atoms with van der Waals surface area (Å²) < 4.78 is 57.1. The van der Waals surface area contributed by atoms with E-state index in [2.05, 4.69) is 8.37 Å². The van der Waals surface area contributed by atoms with Crippen molar-refractivity contribution >= 4 is 24.7 Å². The lowest BCUT2D eigenvalue weighted by atomic mass is 11.6. The van der Waals surface area contributed by atoms with Crippen LogP contribution in [-0.4, -0.2) is 28.4 Å². The van der Waals surface area contributed by atoms with Gasteiger partial charge in [0, 0.05) is 0 Å². The van der Waals surface area contributed by atoms with Crippen molar-refractivity contribution in [3.63, 3.8) is 0 Å². The highest BCUT2D eigenvalue weighted by Crippen LogP contribution is 2.11. The highest BCUT2D eigenvalue weighted by atomic mass is 32.3. The van der Waals surface area contributed by atoms with E-state index in [0.29, 0.717) is 0 Å². The molecule has 0 fully saturated rings. The van der Waals surface area contributed by atoms with Gasteiger partial charge in [0.1, 0.15) is 0 Å². The molecule has 1 aliphatic heterocycles. The van der Waals surface area contributed by atoms with Crippen molar-refractivity contribution in [3.8, 4) is 0 Å². The Morgan fingerprint density at radius 2 is 1.91 bits per heavy atom. The van der Waals surface area contributed by atoms with Crippen molar-refractivity contribution < 1.29 is 29.9 Å². The van der Waals surface area contributed by atoms with E-state index in [0.717, 1.165) is 0 Å². The lowest BCUT2D eigenvalue weighted by molar-refractivity contribution is 0.125. The van der Waals surface area contributed by atoms with Gasteiger partial charge in [-0.3, -0.25) is 4.55 Å². The molecule has 1 heterocycles. The number of rotatable bonds is 0. The molecule has 0 saturated heterocycles. The predicted molar refractivity (Wildman–Crippen MR) is 32.8 cm³/mol. The second kappa shape index (κ2) is 2.38. The van der Waals surface area contributed by atoms with E-state index in [9.17, 15) is 17.0 Å². The fraction of sp³-hybridized carbons (Fsp3) is 0.500. The Bertz CT molecular complexity index is 371. The maximum atomic E-state index is 12.3. The summed E-state index contributed by atoms with van der Waals surface area (Å²) in [5, 5.41) is 0.